The van der Waals surface area contributed by atoms with Gasteiger partial charge in [0.25, 0.3) is 17.2 Å². The maximum absolute atomic E-state index is 12.5. The van der Waals surface area contributed by atoms with Crippen molar-refractivity contribution in [3.63, 3.8) is 0 Å². The molecule has 31 heavy (non-hydrogen) atoms. The molecule has 2 N–H and O–H groups in total. The summed E-state index contributed by atoms with van der Waals surface area (Å²) in [5.74, 6) is -0.815. The first kappa shape index (κ1) is 21.4. The molecule has 3 aromatic rings. The fourth-order valence-corrected chi connectivity index (χ4v) is 2.89. The highest BCUT2D eigenvalue weighted by Crippen LogP contribution is 2.22. The van der Waals surface area contributed by atoms with Crippen LogP contribution in [-0.2, 0) is 11.3 Å². The van der Waals surface area contributed by atoms with E-state index in [1.807, 2.05) is 6.92 Å². The van der Waals surface area contributed by atoms with Gasteiger partial charge in [-0.05, 0) is 49.2 Å². The number of nitro groups is 1. The van der Waals surface area contributed by atoms with Crippen LogP contribution in [0.2, 0.25) is 0 Å². The molecule has 0 fully saturated rings. The largest absolute Gasteiger partial charge is 0.325 e. The van der Waals surface area contributed by atoms with Gasteiger partial charge in [0.05, 0.1) is 10.6 Å². The van der Waals surface area contributed by atoms with Gasteiger partial charge in [-0.25, -0.2) is 0 Å². The van der Waals surface area contributed by atoms with Crippen molar-refractivity contribution in [1.29, 1.82) is 0 Å². The van der Waals surface area contributed by atoms with E-state index < -0.39 is 10.8 Å². The molecule has 158 valence electrons. The van der Waals surface area contributed by atoms with E-state index in [9.17, 15) is 24.5 Å². The highest BCUT2D eigenvalue weighted by atomic mass is 16.6. The van der Waals surface area contributed by atoms with Crippen molar-refractivity contribution in [2.45, 2.75) is 20.4 Å². The summed E-state index contributed by atoms with van der Waals surface area (Å²) >= 11 is 0. The molecule has 1 heterocycles. The number of nitrogens with one attached hydrogen (secondary N) is 2. The number of pyridine rings is 1. The van der Waals surface area contributed by atoms with E-state index in [-0.39, 0.29) is 23.7 Å². The molecule has 0 radical (unpaired) electrons. The van der Waals surface area contributed by atoms with Crippen molar-refractivity contribution < 1.29 is 14.5 Å². The van der Waals surface area contributed by atoms with Crippen LogP contribution in [0.25, 0.3) is 0 Å². The second-order valence-corrected chi connectivity index (χ2v) is 7.01. The number of rotatable bonds is 6. The van der Waals surface area contributed by atoms with E-state index in [0.29, 0.717) is 22.5 Å². The van der Waals surface area contributed by atoms with Crippen molar-refractivity contribution in [1.82, 2.24) is 4.57 Å². The highest BCUT2D eigenvalue weighted by molar-refractivity contribution is 6.05. The Hall–Kier alpha value is -4.27. The van der Waals surface area contributed by atoms with Crippen LogP contribution in [0.1, 0.15) is 21.5 Å². The number of aryl methyl sites for hydroxylation is 2. The average molecular weight is 420 g/mol. The van der Waals surface area contributed by atoms with E-state index in [1.54, 1.807) is 37.4 Å². The predicted molar refractivity (Wildman–Crippen MR) is 116 cm³/mol. The lowest BCUT2D eigenvalue weighted by molar-refractivity contribution is -0.384. The molecule has 2 amide bonds. The number of carbonyl (C=O) groups excluding carboxylic acids is 2. The number of hydrogen-bond acceptors (Lipinski definition) is 5. The standard InChI is InChI=1S/C22H20N4O5/c1-14-3-10-21(28)25(12-14)13-20(27)23-17-7-5-16(6-8-17)22(29)24-19-11-18(26(30)31)9-4-15(19)2/h3-12H,13H2,1-2H3,(H,23,27)(H,24,29). The topological polar surface area (TPSA) is 123 Å². The highest BCUT2D eigenvalue weighted by Gasteiger charge is 2.13. The minimum absolute atomic E-state index is 0.119. The Morgan fingerprint density at radius 2 is 1.71 bits per heavy atom. The van der Waals surface area contributed by atoms with Crippen LogP contribution in [0, 0.1) is 24.0 Å². The molecule has 0 unspecified atom stereocenters. The third kappa shape index (κ3) is 5.41. The van der Waals surface area contributed by atoms with E-state index in [0.717, 1.165) is 5.56 Å². The summed E-state index contributed by atoms with van der Waals surface area (Å²) in [6.07, 6.45) is 1.60. The SMILES string of the molecule is Cc1ccc(=O)n(CC(=O)Nc2ccc(C(=O)Nc3cc([N+](=O)[O-])ccc3C)cc2)c1. The van der Waals surface area contributed by atoms with Gasteiger partial charge in [-0.2, -0.15) is 0 Å². The van der Waals surface area contributed by atoms with Crippen LogP contribution in [0.4, 0.5) is 17.1 Å². The quantitative estimate of drug-likeness (QED) is 0.468. The zero-order valence-corrected chi connectivity index (χ0v) is 16.9. The Morgan fingerprint density at radius 3 is 2.39 bits per heavy atom. The molecule has 0 aliphatic heterocycles. The molecule has 9 heteroatoms. The fourth-order valence-electron chi connectivity index (χ4n) is 2.89. The summed E-state index contributed by atoms with van der Waals surface area (Å²) in [6.45, 7) is 3.43. The molecular formula is C22H20N4O5. The lowest BCUT2D eigenvalue weighted by Gasteiger charge is -2.10. The summed E-state index contributed by atoms with van der Waals surface area (Å²) in [5, 5.41) is 16.3. The second kappa shape index (κ2) is 9.04. The van der Waals surface area contributed by atoms with Crippen LogP contribution in [0.15, 0.2) is 65.6 Å². The molecule has 0 atom stereocenters. The lowest BCUT2D eigenvalue weighted by Crippen LogP contribution is -2.26. The minimum Gasteiger partial charge on any atom is -0.325 e. The molecule has 9 nitrogen and oxygen atoms in total. The van der Waals surface area contributed by atoms with E-state index in [4.69, 9.17) is 0 Å². The average Bonchev–Trinajstić information content (AvgIpc) is 2.72. The number of benzene rings is 2. The number of amides is 2. The van der Waals surface area contributed by atoms with Gasteiger partial charge < -0.3 is 15.2 Å². The molecule has 0 spiro atoms. The summed E-state index contributed by atoms with van der Waals surface area (Å²) in [6, 6.07) is 13.5. The van der Waals surface area contributed by atoms with E-state index in [2.05, 4.69) is 10.6 Å². The summed E-state index contributed by atoms with van der Waals surface area (Å²) < 4.78 is 1.31. The van der Waals surface area contributed by atoms with Crippen LogP contribution < -0.4 is 16.2 Å². The summed E-state index contributed by atoms with van der Waals surface area (Å²) in [7, 11) is 0. The molecule has 0 aliphatic carbocycles. The second-order valence-electron chi connectivity index (χ2n) is 7.01. The fraction of sp³-hybridized carbons (Fsp3) is 0.136. The van der Waals surface area contributed by atoms with Crippen molar-refractivity contribution in [3.05, 3.63) is 98.0 Å². The first-order valence-corrected chi connectivity index (χ1v) is 9.36. The van der Waals surface area contributed by atoms with Crippen LogP contribution >= 0.6 is 0 Å². The number of nitrogens with zero attached hydrogens (tertiary/aromatic N) is 2. The number of non-ortho nitro benzene ring substituents is 1. The molecule has 0 bridgehead atoms. The van der Waals surface area contributed by atoms with Gasteiger partial charge in [-0.1, -0.05) is 12.1 Å². The van der Waals surface area contributed by atoms with Gasteiger partial charge in [0.1, 0.15) is 6.54 Å². The zero-order valence-electron chi connectivity index (χ0n) is 16.9. The van der Waals surface area contributed by atoms with Gasteiger partial charge in [-0.15, -0.1) is 0 Å². The Kier molecular flexibility index (Phi) is 6.25. The Balaban J connectivity index is 1.66. The third-order valence-electron chi connectivity index (χ3n) is 4.56. The van der Waals surface area contributed by atoms with Crippen molar-refractivity contribution >= 4 is 28.9 Å². The summed E-state index contributed by atoms with van der Waals surface area (Å²) in [4.78, 5) is 46.9. The molecule has 1 aromatic heterocycles. The van der Waals surface area contributed by atoms with E-state index >= 15 is 0 Å². The van der Waals surface area contributed by atoms with Gasteiger partial charge in [0, 0.05) is 35.6 Å². The smallest absolute Gasteiger partial charge is 0.271 e. The predicted octanol–water partition coefficient (Wildman–Crippen LogP) is 3.26. The third-order valence-corrected chi connectivity index (χ3v) is 4.56. The van der Waals surface area contributed by atoms with Gasteiger partial charge >= 0.3 is 0 Å². The maximum atomic E-state index is 12.5. The number of carbonyl (C=O) groups is 2. The number of anilines is 2. The van der Waals surface area contributed by atoms with Crippen molar-refractivity contribution in [2.75, 3.05) is 10.6 Å². The van der Waals surface area contributed by atoms with Gasteiger partial charge in [0.15, 0.2) is 0 Å². The Labute approximate surface area is 177 Å². The number of aromatic nitrogens is 1. The molecule has 3 rings (SSSR count). The number of nitro benzene ring substituents is 1. The number of hydrogen-bond donors (Lipinski definition) is 2. The van der Waals surface area contributed by atoms with E-state index in [1.165, 1.54) is 34.9 Å². The van der Waals surface area contributed by atoms with Crippen LogP contribution in [0.5, 0.6) is 0 Å². The van der Waals surface area contributed by atoms with Crippen molar-refractivity contribution in [2.24, 2.45) is 0 Å². The molecule has 2 aromatic carbocycles. The molecule has 0 aliphatic rings. The minimum atomic E-state index is -0.530. The monoisotopic (exact) mass is 420 g/mol. The molecule has 0 saturated carbocycles. The van der Waals surface area contributed by atoms with Gasteiger partial charge in [0.2, 0.25) is 5.91 Å². The maximum Gasteiger partial charge on any atom is 0.271 e. The normalized spacial score (nSPS) is 10.4. The lowest BCUT2D eigenvalue weighted by atomic mass is 10.1. The molecular weight excluding hydrogens is 400 g/mol. The van der Waals surface area contributed by atoms with Gasteiger partial charge in [-0.3, -0.25) is 24.5 Å². The van der Waals surface area contributed by atoms with Crippen LogP contribution in [-0.4, -0.2) is 21.3 Å². The first-order valence-electron chi connectivity index (χ1n) is 9.36. The zero-order chi connectivity index (χ0) is 22.5. The first-order chi connectivity index (χ1) is 14.7. The Morgan fingerprint density at radius 1 is 1.00 bits per heavy atom. The Bertz CT molecular complexity index is 1220. The summed E-state index contributed by atoms with van der Waals surface area (Å²) in [5.41, 5.74) is 2.29. The van der Waals surface area contributed by atoms with Crippen molar-refractivity contribution in [3.8, 4) is 0 Å². The van der Waals surface area contributed by atoms with Crippen LogP contribution in [0.3, 0.4) is 0 Å². The molecule has 0 saturated heterocycles.